The number of alkyl halides is 6. The maximum absolute atomic E-state index is 13.0. The van der Waals surface area contributed by atoms with E-state index in [2.05, 4.69) is 10.6 Å². The Balaban J connectivity index is 2.25. The Kier molecular flexibility index (Phi) is 7.41. The number of halogens is 6. The molecule has 30 heavy (non-hydrogen) atoms. The zero-order valence-electron chi connectivity index (χ0n) is 16.6. The van der Waals surface area contributed by atoms with Gasteiger partial charge in [-0.25, -0.2) is 0 Å². The maximum atomic E-state index is 13.0. The summed E-state index contributed by atoms with van der Waals surface area (Å²) in [6.07, 6.45) is -5.59. The number of nitrogens with one attached hydrogen (secondary N) is 2. The number of rotatable bonds is 5. The first-order valence-corrected chi connectivity index (χ1v) is 9.69. The summed E-state index contributed by atoms with van der Waals surface area (Å²) in [5, 5.41) is 5.11. The van der Waals surface area contributed by atoms with Gasteiger partial charge in [-0.15, -0.1) is 0 Å². The molecule has 10 heteroatoms. The number of amides is 2. The topological polar surface area (TPSA) is 58.2 Å². The van der Waals surface area contributed by atoms with E-state index in [1.807, 2.05) is 0 Å². The zero-order valence-corrected chi connectivity index (χ0v) is 16.6. The van der Waals surface area contributed by atoms with Crippen molar-refractivity contribution in [1.29, 1.82) is 0 Å². The highest BCUT2D eigenvalue weighted by Gasteiger charge is 2.38. The van der Waals surface area contributed by atoms with E-state index in [1.165, 1.54) is 0 Å². The molecule has 1 fully saturated rings. The van der Waals surface area contributed by atoms with Gasteiger partial charge in [-0.2, -0.15) is 26.3 Å². The predicted octanol–water partition coefficient (Wildman–Crippen LogP) is 4.93. The molecule has 0 aliphatic heterocycles. The lowest BCUT2D eigenvalue weighted by molar-refractivity contribution is -0.143. The van der Waals surface area contributed by atoms with E-state index >= 15 is 0 Å². The SMILES string of the molecule is CC(C)C(NC(=O)c1cc(C(F)(F)F)cc(C(F)(F)F)c1)C(=O)NC1CCCCC1. The van der Waals surface area contributed by atoms with E-state index in [4.69, 9.17) is 0 Å². The Hall–Kier alpha value is -2.26. The molecular weight excluding hydrogens is 414 g/mol. The quantitative estimate of drug-likeness (QED) is 0.641. The van der Waals surface area contributed by atoms with E-state index in [9.17, 15) is 35.9 Å². The number of hydrogen-bond donors (Lipinski definition) is 2. The Morgan fingerprint density at radius 2 is 1.40 bits per heavy atom. The Morgan fingerprint density at radius 3 is 1.83 bits per heavy atom. The van der Waals surface area contributed by atoms with Gasteiger partial charge in [0.2, 0.25) is 5.91 Å². The first-order chi connectivity index (χ1) is 13.8. The molecule has 1 unspecified atom stereocenters. The fraction of sp³-hybridized carbons (Fsp3) is 0.600. The standard InChI is InChI=1S/C20H24F6N2O2/c1-11(2)16(18(30)27-15-6-4-3-5-7-15)28-17(29)12-8-13(19(21,22)23)10-14(9-12)20(24,25)26/h8-11,15-16H,3-7H2,1-2H3,(H,27,30)(H,28,29). The molecule has 1 aromatic rings. The van der Waals surface area contributed by atoms with Crippen molar-refractivity contribution in [2.24, 2.45) is 5.92 Å². The van der Waals surface area contributed by atoms with Gasteiger partial charge < -0.3 is 10.6 Å². The minimum atomic E-state index is -5.06. The van der Waals surface area contributed by atoms with Gasteiger partial charge in [-0.05, 0) is 37.0 Å². The molecule has 0 spiro atoms. The largest absolute Gasteiger partial charge is 0.416 e. The van der Waals surface area contributed by atoms with E-state index in [-0.39, 0.29) is 12.1 Å². The first kappa shape index (κ1) is 24.0. The summed E-state index contributed by atoms with van der Waals surface area (Å²) in [6.45, 7) is 3.25. The van der Waals surface area contributed by atoms with Crippen molar-refractivity contribution in [2.75, 3.05) is 0 Å². The lowest BCUT2D eigenvalue weighted by atomic mass is 9.94. The van der Waals surface area contributed by atoms with Crippen LogP contribution in [0.2, 0.25) is 0 Å². The van der Waals surface area contributed by atoms with E-state index < -0.39 is 52.8 Å². The number of benzene rings is 1. The molecule has 4 nitrogen and oxygen atoms in total. The number of hydrogen-bond acceptors (Lipinski definition) is 2. The molecule has 2 amide bonds. The first-order valence-electron chi connectivity index (χ1n) is 9.69. The highest BCUT2D eigenvalue weighted by Crippen LogP contribution is 2.36. The normalized spacial score (nSPS) is 17.0. The fourth-order valence-electron chi connectivity index (χ4n) is 3.38. The molecule has 2 rings (SSSR count). The summed E-state index contributed by atoms with van der Waals surface area (Å²) < 4.78 is 78.1. The predicted molar refractivity (Wildman–Crippen MR) is 97.6 cm³/mol. The van der Waals surface area contributed by atoms with Crippen LogP contribution in [0.25, 0.3) is 0 Å². The molecule has 1 atom stereocenters. The fourth-order valence-corrected chi connectivity index (χ4v) is 3.38. The van der Waals surface area contributed by atoms with Crippen LogP contribution in [0.3, 0.4) is 0 Å². The second-order valence-electron chi connectivity index (χ2n) is 7.83. The molecule has 1 aliphatic carbocycles. The van der Waals surface area contributed by atoms with Crippen LogP contribution in [0.4, 0.5) is 26.3 Å². The van der Waals surface area contributed by atoms with Gasteiger partial charge in [0, 0.05) is 11.6 Å². The average Bonchev–Trinajstić information content (AvgIpc) is 2.64. The number of carbonyl (C=O) groups is 2. The second-order valence-corrected chi connectivity index (χ2v) is 7.83. The van der Waals surface area contributed by atoms with Gasteiger partial charge in [0.05, 0.1) is 11.1 Å². The van der Waals surface area contributed by atoms with Crippen LogP contribution < -0.4 is 10.6 Å². The van der Waals surface area contributed by atoms with Crippen molar-refractivity contribution >= 4 is 11.8 Å². The lowest BCUT2D eigenvalue weighted by Crippen LogP contribution is -2.52. The van der Waals surface area contributed by atoms with Crippen LogP contribution in [-0.2, 0) is 17.1 Å². The van der Waals surface area contributed by atoms with Crippen molar-refractivity contribution in [3.05, 3.63) is 34.9 Å². The molecule has 0 aromatic heterocycles. The third-order valence-corrected chi connectivity index (χ3v) is 5.04. The minimum Gasteiger partial charge on any atom is -0.352 e. The second kappa shape index (κ2) is 9.26. The summed E-state index contributed by atoms with van der Waals surface area (Å²) >= 11 is 0. The zero-order chi connectivity index (χ0) is 22.7. The van der Waals surface area contributed by atoms with Crippen molar-refractivity contribution < 1.29 is 35.9 Å². The van der Waals surface area contributed by atoms with Crippen molar-refractivity contribution in [1.82, 2.24) is 10.6 Å². The highest BCUT2D eigenvalue weighted by molar-refractivity contribution is 5.98. The van der Waals surface area contributed by atoms with E-state index in [0.717, 1.165) is 32.1 Å². The smallest absolute Gasteiger partial charge is 0.352 e. The molecule has 2 N–H and O–H groups in total. The maximum Gasteiger partial charge on any atom is 0.416 e. The van der Waals surface area contributed by atoms with Crippen molar-refractivity contribution in [2.45, 2.75) is 70.4 Å². The molecule has 0 heterocycles. The van der Waals surface area contributed by atoms with Gasteiger partial charge in [0.1, 0.15) is 6.04 Å². The molecule has 1 aliphatic rings. The Labute approximate surface area is 170 Å². The van der Waals surface area contributed by atoms with Crippen molar-refractivity contribution in [3.8, 4) is 0 Å². The lowest BCUT2D eigenvalue weighted by Gasteiger charge is -2.27. The van der Waals surface area contributed by atoms with Crippen LogP contribution in [-0.4, -0.2) is 23.9 Å². The Bertz CT molecular complexity index is 735. The van der Waals surface area contributed by atoms with Crippen LogP contribution in [0.15, 0.2) is 18.2 Å². The average molecular weight is 438 g/mol. The van der Waals surface area contributed by atoms with Crippen molar-refractivity contribution in [3.63, 3.8) is 0 Å². The van der Waals surface area contributed by atoms with Gasteiger partial charge in [0.15, 0.2) is 0 Å². The molecular formula is C20H24F6N2O2. The molecule has 168 valence electrons. The highest BCUT2D eigenvalue weighted by atomic mass is 19.4. The summed E-state index contributed by atoms with van der Waals surface area (Å²) in [5.41, 5.74) is -3.99. The Morgan fingerprint density at radius 1 is 0.900 bits per heavy atom. The summed E-state index contributed by atoms with van der Waals surface area (Å²) in [5.74, 6) is -2.11. The molecule has 1 aromatic carbocycles. The van der Waals surface area contributed by atoms with Gasteiger partial charge in [0.25, 0.3) is 5.91 Å². The van der Waals surface area contributed by atoms with Crippen LogP contribution in [0.5, 0.6) is 0 Å². The third-order valence-electron chi connectivity index (χ3n) is 5.04. The minimum absolute atomic E-state index is 0.0491. The summed E-state index contributed by atoms with van der Waals surface area (Å²) in [4.78, 5) is 25.1. The van der Waals surface area contributed by atoms with Crippen LogP contribution in [0, 0.1) is 5.92 Å². The van der Waals surface area contributed by atoms with E-state index in [0.29, 0.717) is 12.1 Å². The summed E-state index contributed by atoms with van der Waals surface area (Å²) in [7, 11) is 0. The van der Waals surface area contributed by atoms with Gasteiger partial charge >= 0.3 is 12.4 Å². The van der Waals surface area contributed by atoms with Crippen LogP contribution >= 0.6 is 0 Å². The monoisotopic (exact) mass is 438 g/mol. The number of carbonyl (C=O) groups excluding carboxylic acids is 2. The third kappa shape index (κ3) is 6.37. The molecule has 1 saturated carbocycles. The molecule has 0 bridgehead atoms. The van der Waals surface area contributed by atoms with Gasteiger partial charge in [-0.1, -0.05) is 33.1 Å². The van der Waals surface area contributed by atoms with E-state index in [1.54, 1.807) is 13.8 Å². The summed E-state index contributed by atoms with van der Waals surface area (Å²) in [6, 6.07) is -0.507. The molecule has 0 saturated heterocycles. The van der Waals surface area contributed by atoms with Gasteiger partial charge in [-0.3, -0.25) is 9.59 Å². The van der Waals surface area contributed by atoms with Crippen LogP contribution in [0.1, 0.15) is 67.4 Å². The molecule has 0 radical (unpaired) electrons.